The Morgan fingerprint density at radius 3 is 2.59 bits per heavy atom. The average Bonchev–Trinajstić information content (AvgIpc) is 3.34. The Kier molecular flexibility index (Phi) is 12.8. The molecule has 3 aromatic carbocycles. The molecule has 2 heterocycles. The molecule has 63 heavy (non-hydrogen) atoms. The van der Waals surface area contributed by atoms with Gasteiger partial charge in [-0.3, -0.25) is 9.59 Å². The van der Waals surface area contributed by atoms with E-state index in [4.69, 9.17) is 10.5 Å². The van der Waals surface area contributed by atoms with Gasteiger partial charge in [0.25, 0.3) is 0 Å². The number of methoxy groups -OCH3 is 1. The lowest BCUT2D eigenvalue weighted by Crippen LogP contribution is -2.55. The summed E-state index contributed by atoms with van der Waals surface area (Å²) >= 11 is 0. The molecule has 4 aliphatic carbocycles. The van der Waals surface area contributed by atoms with Gasteiger partial charge >= 0.3 is 0 Å². The van der Waals surface area contributed by atoms with Crippen molar-refractivity contribution < 1.29 is 29.6 Å². The SMILES string of the molecule is CCC1=C(C(CC(O)CCC2C#CC3(CCC(C4CCC5C(CNC6CC(=O)CCC65)C4)CC3O)C(=O)CCc3cc(OC)c(O)cc32)c2ccc3ccccc3c2)C=C(N)NC1. The van der Waals surface area contributed by atoms with E-state index in [1.54, 1.807) is 6.07 Å². The molecule has 6 aliphatic rings. The predicted molar refractivity (Wildman–Crippen MR) is 247 cm³/mol. The van der Waals surface area contributed by atoms with Crippen LogP contribution >= 0.6 is 0 Å². The molecule has 9 nitrogen and oxygen atoms in total. The molecule has 11 atom stereocenters. The van der Waals surface area contributed by atoms with E-state index >= 15 is 0 Å². The number of carbonyl (C=O) groups is 2. The number of ether oxygens (including phenoxy) is 1. The summed E-state index contributed by atoms with van der Waals surface area (Å²) in [6.07, 6.45) is 11.3. The van der Waals surface area contributed by atoms with Gasteiger partial charge in [0.15, 0.2) is 17.3 Å². The molecule has 0 amide bonds. The highest BCUT2D eigenvalue weighted by Gasteiger charge is 2.51. The molecule has 9 heteroatoms. The lowest BCUT2D eigenvalue weighted by atomic mass is 9.57. The maximum absolute atomic E-state index is 14.5. The lowest BCUT2D eigenvalue weighted by molar-refractivity contribution is -0.135. The van der Waals surface area contributed by atoms with Crippen LogP contribution in [0, 0.1) is 46.8 Å². The molecule has 11 unspecified atom stereocenters. The third-order valence-corrected chi connectivity index (χ3v) is 16.6. The average molecular weight is 854 g/mol. The molecule has 7 N–H and O–H groups in total. The number of benzene rings is 3. The number of aromatic hydroxyl groups is 1. The molecule has 3 aromatic rings. The first-order valence-electron chi connectivity index (χ1n) is 24.0. The minimum absolute atomic E-state index is 0.00904. The summed E-state index contributed by atoms with van der Waals surface area (Å²) in [5.74, 6) is 10.7. The highest BCUT2D eigenvalue weighted by molar-refractivity contribution is 5.89. The van der Waals surface area contributed by atoms with Gasteiger partial charge in [-0.2, -0.15) is 0 Å². The Hall–Kier alpha value is -4.62. The van der Waals surface area contributed by atoms with Gasteiger partial charge in [0.2, 0.25) is 0 Å². The number of Topliss-reactive ketones (excluding diaryl/α,β-unsaturated/α-hetero) is 2. The quantitative estimate of drug-likeness (QED) is 0.111. The number of nitrogens with one attached hydrogen (secondary N) is 2. The van der Waals surface area contributed by atoms with Crippen molar-refractivity contribution in [1.29, 1.82) is 0 Å². The van der Waals surface area contributed by atoms with Gasteiger partial charge in [0.05, 0.1) is 25.1 Å². The summed E-state index contributed by atoms with van der Waals surface area (Å²) in [5, 5.41) is 44.7. The maximum Gasteiger partial charge on any atom is 0.160 e. The van der Waals surface area contributed by atoms with Crippen molar-refractivity contribution in [2.45, 2.75) is 133 Å². The number of fused-ring (bicyclic) bond motifs is 5. The van der Waals surface area contributed by atoms with Gasteiger partial charge < -0.3 is 36.4 Å². The van der Waals surface area contributed by atoms with Crippen molar-refractivity contribution in [1.82, 2.24) is 10.6 Å². The van der Waals surface area contributed by atoms with Crippen molar-refractivity contribution in [3.05, 3.63) is 94.3 Å². The third-order valence-electron chi connectivity index (χ3n) is 16.6. The van der Waals surface area contributed by atoms with Crippen LogP contribution in [0.3, 0.4) is 0 Å². The summed E-state index contributed by atoms with van der Waals surface area (Å²) < 4.78 is 5.54. The standard InChI is InChI=1S/C54H67N3O6/c1-3-32-30-57-53(55)29-47(32)46(38-9-8-33-6-4-5-7-35(33)22-38)26-41(58)13-10-34-18-20-54(51(61)17-12-39-24-50(63-2)49(60)28-45(34)39)21-19-37(25-52(54)62)36-11-15-43-40(23-36)31-56-48-27-42(59)14-16-44(43)48/h4-9,22,24,28-29,34,36-37,40-41,43-44,46,48,52,56-58,60,62H,3,10-17,19,21,23,25-27,30-31,55H2,1-2H3. The fraction of sp³-hybridized carbons (Fsp3) is 0.556. The number of phenolic OH excluding ortho intramolecular Hbond substituents is 1. The van der Waals surface area contributed by atoms with Crippen LogP contribution in [-0.2, 0) is 16.0 Å². The van der Waals surface area contributed by atoms with Gasteiger partial charge in [0, 0.05) is 43.7 Å². The van der Waals surface area contributed by atoms with Gasteiger partial charge in [0.1, 0.15) is 11.2 Å². The van der Waals surface area contributed by atoms with E-state index in [1.165, 1.54) is 24.5 Å². The van der Waals surface area contributed by atoms with Crippen molar-refractivity contribution >= 4 is 22.3 Å². The molecule has 4 fully saturated rings. The van der Waals surface area contributed by atoms with E-state index < -0.39 is 17.6 Å². The minimum Gasteiger partial charge on any atom is -0.504 e. The fourth-order valence-electron chi connectivity index (χ4n) is 13.0. The van der Waals surface area contributed by atoms with Gasteiger partial charge in [-0.1, -0.05) is 61.2 Å². The van der Waals surface area contributed by atoms with Gasteiger partial charge in [-0.05, 0) is 170 Å². The Bertz CT molecular complexity index is 2340. The first kappa shape index (κ1) is 43.6. The zero-order valence-electron chi connectivity index (χ0n) is 37.2. The first-order valence-corrected chi connectivity index (χ1v) is 24.0. The van der Waals surface area contributed by atoms with Crippen molar-refractivity contribution in [3.8, 4) is 23.3 Å². The molecule has 0 aromatic heterocycles. The van der Waals surface area contributed by atoms with E-state index in [2.05, 4.69) is 65.8 Å². The Labute approximate surface area is 373 Å². The number of aliphatic hydroxyl groups excluding tert-OH is 2. The number of nitrogens with two attached hydrogens (primary N) is 1. The van der Waals surface area contributed by atoms with E-state index in [0.29, 0.717) is 104 Å². The molecule has 334 valence electrons. The molecule has 2 aliphatic heterocycles. The maximum atomic E-state index is 14.5. The zero-order valence-corrected chi connectivity index (χ0v) is 37.2. The van der Waals surface area contributed by atoms with Crippen LogP contribution in [0.25, 0.3) is 10.8 Å². The Morgan fingerprint density at radius 2 is 1.78 bits per heavy atom. The van der Waals surface area contributed by atoms with E-state index in [0.717, 1.165) is 72.7 Å². The number of allylic oxidation sites excluding steroid dienone is 2. The predicted octanol–water partition coefficient (Wildman–Crippen LogP) is 8.10. The molecule has 1 spiro atoms. The monoisotopic (exact) mass is 854 g/mol. The summed E-state index contributed by atoms with van der Waals surface area (Å²) in [6, 6.07) is 18.8. The van der Waals surface area contributed by atoms with Gasteiger partial charge in [-0.15, -0.1) is 0 Å². The number of hydrogen-bond donors (Lipinski definition) is 6. The fourth-order valence-corrected chi connectivity index (χ4v) is 13.0. The number of aliphatic hydroxyl groups is 2. The first-order chi connectivity index (χ1) is 30.5. The smallest absolute Gasteiger partial charge is 0.160 e. The summed E-state index contributed by atoms with van der Waals surface area (Å²) in [6.45, 7) is 3.81. The number of ketones is 2. The highest BCUT2D eigenvalue weighted by atomic mass is 16.5. The second-order valence-electron chi connectivity index (χ2n) is 19.9. The van der Waals surface area contributed by atoms with E-state index in [-0.39, 0.29) is 29.8 Å². The molecular formula is C54H67N3O6. The minimum atomic E-state index is -1.15. The Balaban J connectivity index is 0.953. The van der Waals surface area contributed by atoms with Crippen LogP contribution in [-0.4, -0.2) is 65.3 Å². The molecule has 0 bridgehead atoms. The van der Waals surface area contributed by atoms with Crippen LogP contribution in [0.4, 0.5) is 0 Å². The van der Waals surface area contributed by atoms with Crippen LogP contribution in [0.15, 0.2) is 77.6 Å². The number of aryl methyl sites for hydroxylation is 1. The molecule has 0 radical (unpaired) electrons. The number of hydrogen-bond acceptors (Lipinski definition) is 9. The number of dihydropyridines is 1. The van der Waals surface area contributed by atoms with Gasteiger partial charge in [-0.25, -0.2) is 0 Å². The summed E-state index contributed by atoms with van der Waals surface area (Å²) in [4.78, 5) is 26.7. The van der Waals surface area contributed by atoms with Crippen LogP contribution in [0.2, 0.25) is 0 Å². The Morgan fingerprint density at radius 1 is 0.952 bits per heavy atom. The number of carbonyl (C=O) groups excluding carboxylic acids is 2. The summed E-state index contributed by atoms with van der Waals surface area (Å²) in [7, 11) is 1.53. The highest BCUT2D eigenvalue weighted by Crippen LogP contribution is 2.52. The number of rotatable bonds is 10. The molecule has 3 saturated carbocycles. The molecule has 1 saturated heterocycles. The van der Waals surface area contributed by atoms with E-state index in [1.807, 2.05) is 18.2 Å². The van der Waals surface area contributed by atoms with Crippen LogP contribution in [0.5, 0.6) is 11.5 Å². The van der Waals surface area contributed by atoms with Crippen molar-refractivity contribution in [2.24, 2.45) is 40.7 Å². The molecular weight excluding hydrogens is 787 g/mol. The van der Waals surface area contributed by atoms with Crippen molar-refractivity contribution in [2.75, 3.05) is 20.2 Å². The second kappa shape index (κ2) is 18.5. The topological polar surface area (TPSA) is 154 Å². The second-order valence-corrected chi connectivity index (χ2v) is 19.9. The van der Waals surface area contributed by atoms with Crippen LogP contribution < -0.4 is 21.1 Å². The van der Waals surface area contributed by atoms with Crippen molar-refractivity contribution in [3.63, 3.8) is 0 Å². The third kappa shape index (κ3) is 8.80. The summed E-state index contributed by atoms with van der Waals surface area (Å²) in [5.41, 5.74) is 10.5. The number of piperidine rings is 1. The largest absolute Gasteiger partial charge is 0.504 e. The molecule has 9 rings (SSSR count). The normalized spacial score (nSPS) is 31.8. The zero-order chi connectivity index (χ0) is 43.8. The lowest BCUT2D eigenvalue weighted by Gasteiger charge is -2.51. The van der Waals surface area contributed by atoms with Crippen LogP contribution in [0.1, 0.15) is 125 Å². The van der Waals surface area contributed by atoms with E-state index in [9.17, 15) is 24.9 Å². The number of phenols is 1.